The van der Waals surface area contributed by atoms with Crippen LogP contribution in [0.2, 0.25) is 0 Å². The van der Waals surface area contributed by atoms with Crippen LogP contribution in [0.25, 0.3) is 5.00 Å². The van der Waals surface area contributed by atoms with Crippen LogP contribution < -0.4 is 10.6 Å². The Balaban J connectivity index is 1.36. The van der Waals surface area contributed by atoms with Crippen LogP contribution in [0.3, 0.4) is 0 Å². The van der Waals surface area contributed by atoms with Crippen LogP contribution in [0.5, 0.6) is 0 Å². The fourth-order valence-corrected chi connectivity index (χ4v) is 7.86. The number of hydrogen-bond acceptors (Lipinski definition) is 5. The molecule has 180 valence electrons. The number of aromatic nitrogens is 1. The number of nitrogens with zero attached hydrogens (tertiary/aromatic N) is 2. The quantitative estimate of drug-likeness (QED) is 0.336. The highest BCUT2D eigenvalue weighted by atomic mass is 32.1. The van der Waals surface area contributed by atoms with Gasteiger partial charge in [0.25, 0.3) is 0 Å². The minimum atomic E-state index is -0.247. The highest BCUT2D eigenvalue weighted by Gasteiger charge is 2.26. The Kier molecular flexibility index (Phi) is 6.90. The largest absolute Gasteiger partial charge is 0.334 e. The minimum absolute atomic E-state index is 0.0389. The van der Waals surface area contributed by atoms with Crippen LogP contribution in [0.15, 0.2) is 24.5 Å². The number of carbonyl (C=O) groups excluding carboxylic acids is 2. The smallest absolute Gasteiger partial charge is 0.320 e. The maximum atomic E-state index is 13.0. The lowest BCUT2D eigenvalue weighted by Crippen LogP contribution is -2.31. The lowest BCUT2D eigenvalue weighted by Gasteiger charge is -2.25. The first-order valence-electron chi connectivity index (χ1n) is 12.2. The predicted molar refractivity (Wildman–Crippen MR) is 140 cm³/mol. The highest BCUT2D eigenvalue weighted by molar-refractivity contribution is 7.17. The lowest BCUT2D eigenvalue weighted by molar-refractivity contribution is 0.101. The van der Waals surface area contributed by atoms with Crippen LogP contribution in [-0.2, 0) is 32.4 Å². The Labute approximate surface area is 209 Å². The molecule has 0 bridgehead atoms. The molecule has 0 radical (unpaired) electrons. The second-order valence-electron chi connectivity index (χ2n) is 9.13. The lowest BCUT2D eigenvalue weighted by atomic mass is 10.0. The number of anilines is 1. The summed E-state index contributed by atoms with van der Waals surface area (Å²) in [6.07, 6.45) is 10.5. The zero-order chi connectivity index (χ0) is 23.7. The minimum Gasteiger partial charge on any atom is -0.334 e. The number of carbonyl (C=O) groups is 2. The van der Waals surface area contributed by atoms with Crippen molar-refractivity contribution in [2.75, 3.05) is 18.4 Å². The van der Waals surface area contributed by atoms with Gasteiger partial charge < -0.3 is 9.88 Å². The predicted octanol–water partition coefficient (Wildman–Crippen LogP) is 5.77. The summed E-state index contributed by atoms with van der Waals surface area (Å²) >= 11 is 3.41. The first-order chi connectivity index (χ1) is 16.5. The fourth-order valence-electron chi connectivity index (χ4n) is 5.16. The summed E-state index contributed by atoms with van der Waals surface area (Å²) in [5.41, 5.74) is 4.46. The van der Waals surface area contributed by atoms with Gasteiger partial charge in [-0.05, 0) is 68.8 Å². The number of ketones is 1. The van der Waals surface area contributed by atoms with E-state index in [9.17, 15) is 9.59 Å². The third-order valence-corrected chi connectivity index (χ3v) is 9.42. The average molecular weight is 497 g/mol. The van der Waals surface area contributed by atoms with Gasteiger partial charge in [0.1, 0.15) is 10.0 Å². The molecule has 0 spiro atoms. The highest BCUT2D eigenvalue weighted by Crippen LogP contribution is 2.38. The third-order valence-electron chi connectivity index (χ3n) is 6.94. The number of urea groups is 1. The van der Waals surface area contributed by atoms with Crippen LogP contribution in [-0.4, -0.2) is 34.4 Å². The molecule has 8 heteroatoms. The maximum Gasteiger partial charge on any atom is 0.320 e. The van der Waals surface area contributed by atoms with Crippen LogP contribution >= 0.6 is 22.7 Å². The Bertz CT molecular complexity index is 1190. The van der Waals surface area contributed by atoms with Gasteiger partial charge >= 0.3 is 6.03 Å². The summed E-state index contributed by atoms with van der Waals surface area (Å²) in [6.45, 7) is 7.36. The van der Waals surface area contributed by atoms with E-state index in [4.69, 9.17) is 0 Å². The second kappa shape index (κ2) is 10.1. The van der Waals surface area contributed by atoms with Crippen molar-refractivity contribution in [2.45, 2.75) is 65.5 Å². The summed E-state index contributed by atoms with van der Waals surface area (Å²) in [6, 6.07) is 3.82. The molecule has 34 heavy (non-hydrogen) atoms. The molecule has 1 aliphatic heterocycles. The molecule has 0 unspecified atom stereocenters. The summed E-state index contributed by atoms with van der Waals surface area (Å²) in [5.74, 6) is 0.0389. The maximum absolute atomic E-state index is 13.0. The Morgan fingerprint density at radius 3 is 2.56 bits per heavy atom. The van der Waals surface area contributed by atoms with Crippen LogP contribution in [0.1, 0.15) is 69.9 Å². The van der Waals surface area contributed by atoms with E-state index in [1.54, 1.807) is 18.3 Å². The SMILES string of the molecule is CCN1CCc2c(sc(-n3cccc3)c2CNC(=O)Nc2sc3c(c2C(C)=O)CCCCC3)C1. The first kappa shape index (κ1) is 23.3. The summed E-state index contributed by atoms with van der Waals surface area (Å²) in [7, 11) is 0. The molecule has 2 amide bonds. The van der Waals surface area contributed by atoms with Gasteiger partial charge in [-0.15, -0.1) is 22.7 Å². The van der Waals surface area contributed by atoms with Crippen molar-refractivity contribution < 1.29 is 9.59 Å². The fraction of sp³-hybridized carbons (Fsp3) is 0.462. The van der Waals surface area contributed by atoms with Gasteiger partial charge in [0.05, 0.1) is 5.56 Å². The number of aryl methyl sites for hydroxylation is 1. The molecule has 2 aliphatic rings. The zero-order valence-corrected chi connectivity index (χ0v) is 21.5. The van der Waals surface area contributed by atoms with Crippen molar-refractivity contribution in [3.63, 3.8) is 0 Å². The first-order valence-corrected chi connectivity index (χ1v) is 13.9. The summed E-state index contributed by atoms with van der Waals surface area (Å²) in [4.78, 5) is 30.6. The van der Waals surface area contributed by atoms with E-state index < -0.39 is 0 Å². The molecular formula is C26H32N4O2S2. The molecule has 0 saturated carbocycles. The molecule has 0 saturated heterocycles. The van der Waals surface area contributed by atoms with Gasteiger partial charge in [0.2, 0.25) is 0 Å². The van der Waals surface area contributed by atoms with E-state index >= 15 is 0 Å². The average Bonchev–Trinajstić information content (AvgIpc) is 3.51. The van der Waals surface area contributed by atoms with Gasteiger partial charge in [-0.1, -0.05) is 13.3 Å². The monoisotopic (exact) mass is 496 g/mol. The molecule has 4 heterocycles. The van der Waals surface area contributed by atoms with Gasteiger partial charge in [0, 0.05) is 47.3 Å². The van der Waals surface area contributed by atoms with E-state index in [-0.39, 0.29) is 11.8 Å². The van der Waals surface area contributed by atoms with Gasteiger partial charge in [-0.2, -0.15) is 0 Å². The number of rotatable bonds is 6. The number of likely N-dealkylation sites (N-methyl/N-ethyl adjacent to an activating group) is 1. The number of fused-ring (bicyclic) bond motifs is 2. The normalized spacial score (nSPS) is 15.9. The van der Waals surface area contributed by atoms with Crippen molar-refractivity contribution in [3.05, 3.63) is 56.5 Å². The van der Waals surface area contributed by atoms with Crippen LogP contribution in [0, 0.1) is 0 Å². The molecule has 1 aliphatic carbocycles. The van der Waals surface area contributed by atoms with E-state index in [2.05, 4.69) is 39.4 Å². The molecule has 3 aromatic rings. The van der Waals surface area contributed by atoms with Crippen molar-refractivity contribution >= 4 is 39.5 Å². The molecule has 0 fully saturated rings. The Morgan fingerprint density at radius 2 is 1.79 bits per heavy atom. The second-order valence-corrected chi connectivity index (χ2v) is 11.3. The van der Waals surface area contributed by atoms with Crippen molar-refractivity contribution in [1.82, 2.24) is 14.8 Å². The number of hydrogen-bond donors (Lipinski definition) is 2. The molecular weight excluding hydrogens is 464 g/mol. The van der Waals surface area contributed by atoms with E-state index in [1.165, 1.54) is 32.3 Å². The van der Waals surface area contributed by atoms with E-state index in [0.29, 0.717) is 11.5 Å². The van der Waals surface area contributed by atoms with Crippen molar-refractivity contribution in [3.8, 4) is 5.00 Å². The van der Waals surface area contributed by atoms with Gasteiger partial charge in [0.15, 0.2) is 5.78 Å². The standard InChI is InChI=1S/C26H32N4O2S2/c1-3-29-14-11-18-20(25(34-22(18)16-29)30-12-7-8-13-30)15-27-26(32)28-24-23(17(2)31)19-9-5-4-6-10-21(19)33-24/h7-8,12-13H,3-6,9-11,14-16H2,1-2H3,(H2,27,28,32). The Hall–Kier alpha value is -2.42. The van der Waals surface area contributed by atoms with Crippen molar-refractivity contribution in [2.24, 2.45) is 0 Å². The van der Waals surface area contributed by atoms with Crippen LogP contribution in [0.4, 0.5) is 9.80 Å². The number of thiophene rings is 2. The number of amides is 2. The molecule has 5 rings (SSSR count). The third kappa shape index (κ3) is 4.59. The summed E-state index contributed by atoms with van der Waals surface area (Å²) in [5, 5.41) is 8.00. The van der Waals surface area contributed by atoms with Crippen molar-refractivity contribution in [1.29, 1.82) is 0 Å². The van der Waals surface area contributed by atoms with Gasteiger partial charge in [-0.25, -0.2) is 4.79 Å². The van der Waals surface area contributed by atoms with E-state index in [1.807, 2.05) is 23.5 Å². The topological polar surface area (TPSA) is 66.4 Å². The Morgan fingerprint density at radius 1 is 1.00 bits per heavy atom. The molecule has 2 N–H and O–H groups in total. The zero-order valence-electron chi connectivity index (χ0n) is 19.9. The molecule has 0 atom stereocenters. The van der Waals surface area contributed by atoms with E-state index in [0.717, 1.165) is 62.9 Å². The number of nitrogens with one attached hydrogen (secondary N) is 2. The molecule has 0 aromatic carbocycles. The van der Waals surface area contributed by atoms with Gasteiger partial charge in [-0.3, -0.25) is 15.0 Å². The summed E-state index contributed by atoms with van der Waals surface area (Å²) < 4.78 is 2.15. The molecule has 3 aromatic heterocycles. The number of Topliss-reactive ketones (excluding diaryl/α,β-unsaturated/α-hetero) is 1. The molecule has 6 nitrogen and oxygen atoms in total.